The van der Waals surface area contributed by atoms with E-state index in [1.165, 1.54) is 13.2 Å². The van der Waals surface area contributed by atoms with Gasteiger partial charge in [0.1, 0.15) is 17.6 Å². The van der Waals surface area contributed by atoms with Gasteiger partial charge in [-0.2, -0.15) is 21.6 Å². The number of H-pyrrole nitrogens is 1. The quantitative estimate of drug-likeness (QED) is 0.243. The Morgan fingerprint density at radius 3 is 2.46 bits per heavy atom. The molecule has 2 N–H and O–H groups in total. The molecule has 48 heavy (non-hydrogen) atoms. The monoisotopic (exact) mass is 690 g/mol. The number of aromatic nitrogens is 2. The van der Waals surface area contributed by atoms with Gasteiger partial charge in [-0.3, -0.25) is 9.59 Å². The van der Waals surface area contributed by atoms with Crippen LogP contribution in [0.15, 0.2) is 35.1 Å². The van der Waals surface area contributed by atoms with Crippen molar-refractivity contribution in [2.24, 2.45) is 11.3 Å². The van der Waals surface area contributed by atoms with Crippen molar-refractivity contribution >= 4 is 33.0 Å². The molecule has 2 fully saturated rings. The number of ether oxygens (including phenoxy) is 1. The van der Waals surface area contributed by atoms with Gasteiger partial charge >= 0.3 is 21.7 Å². The summed E-state index contributed by atoms with van der Waals surface area (Å²) in [6.45, 7) is 4.05. The van der Waals surface area contributed by atoms with Crippen molar-refractivity contribution in [2.45, 2.75) is 82.8 Å². The van der Waals surface area contributed by atoms with E-state index in [2.05, 4.69) is 14.5 Å². The number of hydrogen-bond acceptors (Lipinski definition) is 8. The number of amides is 2. The molecule has 0 unspecified atom stereocenters. The van der Waals surface area contributed by atoms with Crippen LogP contribution in [0.5, 0.6) is 5.75 Å². The Hall–Kier alpha value is -4.14. The number of aromatic amines is 1. The Morgan fingerprint density at radius 1 is 1.08 bits per heavy atom. The summed E-state index contributed by atoms with van der Waals surface area (Å²) in [5.41, 5.74) is -3.31. The highest BCUT2D eigenvalue weighted by atomic mass is 32.2. The van der Waals surface area contributed by atoms with E-state index in [1.54, 1.807) is 29.2 Å². The zero-order valence-corrected chi connectivity index (χ0v) is 27.6. The van der Waals surface area contributed by atoms with Crippen LogP contribution in [0.25, 0.3) is 22.0 Å². The van der Waals surface area contributed by atoms with Crippen LogP contribution >= 0.6 is 0 Å². The minimum atomic E-state index is -5.86. The standard InChI is InChI=1S/C33H37F3N4O7S/c1-18(2)27(38-31(43)46-3)30(42)40-14-6-7-25(40)28-37-24-10-8-19(15-21(24)29(41)39-28)20-9-11-26(47-48(44,45)33(34,35)36)23-17-32(16-22(20)23)12-4-5-13-32/h8-11,15,18,25,27H,4-7,12-14,16-17H2,1-3H3,(H,38,43)(H,37,39,41)/t25-,27+/m0/s1. The summed E-state index contributed by atoms with van der Waals surface area (Å²) in [5.74, 6) is -0.528. The van der Waals surface area contributed by atoms with E-state index in [0.717, 1.165) is 25.7 Å². The predicted molar refractivity (Wildman–Crippen MR) is 170 cm³/mol. The number of likely N-dealkylation sites (tertiary alicyclic amines) is 1. The highest BCUT2D eigenvalue weighted by molar-refractivity contribution is 7.88. The smallest absolute Gasteiger partial charge is 0.453 e. The second-order valence-corrected chi connectivity index (χ2v) is 14.9. The van der Waals surface area contributed by atoms with Gasteiger partial charge in [0.25, 0.3) is 5.56 Å². The van der Waals surface area contributed by atoms with E-state index in [9.17, 15) is 36.0 Å². The highest BCUT2D eigenvalue weighted by Gasteiger charge is 2.50. The summed E-state index contributed by atoms with van der Waals surface area (Å²) in [4.78, 5) is 48.2. The minimum Gasteiger partial charge on any atom is -0.453 e. The summed E-state index contributed by atoms with van der Waals surface area (Å²) in [7, 11) is -4.64. The first kappa shape index (κ1) is 33.7. The molecule has 258 valence electrons. The first-order valence-corrected chi connectivity index (χ1v) is 17.4. The number of carbonyl (C=O) groups is 2. The number of hydrogen-bond donors (Lipinski definition) is 2. The van der Waals surface area contributed by atoms with E-state index in [0.29, 0.717) is 65.8 Å². The van der Waals surface area contributed by atoms with Crippen LogP contribution in [-0.4, -0.2) is 60.5 Å². The van der Waals surface area contributed by atoms with Gasteiger partial charge in [-0.1, -0.05) is 38.8 Å². The molecule has 15 heteroatoms. The van der Waals surface area contributed by atoms with Crippen LogP contribution in [-0.2, 0) is 32.5 Å². The van der Waals surface area contributed by atoms with Crippen LogP contribution in [0.1, 0.15) is 75.4 Å². The molecule has 0 bridgehead atoms. The van der Waals surface area contributed by atoms with Gasteiger partial charge in [0.15, 0.2) is 0 Å². The fourth-order valence-electron chi connectivity index (χ4n) is 7.55. The average Bonchev–Trinajstić information content (AvgIpc) is 3.79. The molecule has 2 amide bonds. The molecule has 6 rings (SSSR count). The zero-order chi connectivity index (χ0) is 34.6. The highest BCUT2D eigenvalue weighted by Crippen LogP contribution is 2.53. The molecule has 1 saturated heterocycles. The van der Waals surface area contributed by atoms with Crippen molar-refractivity contribution in [1.82, 2.24) is 20.2 Å². The van der Waals surface area contributed by atoms with Crippen LogP contribution in [0.3, 0.4) is 0 Å². The fourth-order valence-corrected chi connectivity index (χ4v) is 8.03. The fraction of sp³-hybridized carbons (Fsp3) is 0.515. The number of methoxy groups -OCH3 is 1. The Morgan fingerprint density at radius 2 is 1.79 bits per heavy atom. The number of fused-ring (bicyclic) bond motifs is 2. The number of rotatable bonds is 7. The third kappa shape index (κ3) is 6.12. The molecule has 1 aliphatic heterocycles. The average molecular weight is 691 g/mol. The molecular weight excluding hydrogens is 653 g/mol. The van der Waals surface area contributed by atoms with Crippen LogP contribution in [0, 0.1) is 11.3 Å². The van der Waals surface area contributed by atoms with Crippen molar-refractivity contribution in [2.75, 3.05) is 13.7 Å². The molecule has 2 atom stereocenters. The maximum absolute atomic E-state index is 13.5. The van der Waals surface area contributed by atoms with Crippen molar-refractivity contribution in [1.29, 1.82) is 0 Å². The molecule has 11 nitrogen and oxygen atoms in total. The lowest BCUT2D eigenvalue weighted by molar-refractivity contribution is -0.135. The lowest BCUT2D eigenvalue weighted by Crippen LogP contribution is -2.51. The van der Waals surface area contributed by atoms with E-state index in [4.69, 9.17) is 9.72 Å². The lowest BCUT2D eigenvalue weighted by atomic mass is 9.83. The molecular formula is C33H37F3N4O7S. The SMILES string of the molecule is COC(=O)N[C@@H](C(=O)N1CCC[C@H]1c1nc2ccc(-c3ccc(OS(=O)(=O)C(F)(F)F)c4c3CC3(CCCC3)C4)cc2c(=O)[nH]1)C(C)C. The first-order valence-electron chi connectivity index (χ1n) is 16.0. The normalized spacial score (nSPS) is 19.6. The second kappa shape index (κ2) is 12.4. The van der Waals surface area contributed by atoms with Crippen LogP contribution < -0.4 is 15.1 Å². The van der Waals surface area contributed by atoms with Crippen molar-refractivity contribution < 1.29 is 40.1 Å². The number of carbonyl (C=O) groups excluding carboxylic acids is 2. The first-order chi connectivity index (χ1) is 22.6. The summed E-state index contributed by atoms with van der Waals surface area (Å²) in [5, 5.41) is 2.88. The minimum absolute atomic E-state index is 0.186. The Labute approximate surface area is 275 Å². The topological polar surface area (TPSA) is 148 Å². The Kier molecular flexibility index (Phi) is 8.71. The van der Waals surface area contributed by atoms with Crippen molar-refractivity contribution in [3.8, 4) is 16.9 Å². The largest absolute Gasteiger partial charge is 0.534 e. The molecule has 1 spiro atoms. The maximum atomic E-state index is 13.5. The molecule has 0 radical (unpaired) electrons. The van der Waals surface area contributed by atoms with E-state index in [-0.39, 0.29) is 28.4 Å². The number of alkyl carbamates (subject to hydrolysis) is 1. The third-order valence-electron chi connectivity index (χ3n) is 9.92. The summed E-state index contributed by atoms with van der Waals surface area (Å²) in [6, 6.07) is 6.58. The molecule has 3 aromatic rings. The third-order valence-corrected chi connectivity index (χ3v) is 10.9. The van der Waals surface area contributed by atoms with Gasteiger partial charge in [-0.05, 0) is 84.7 Å². The van der Waals surface area contributed by atoms with Gasteiger partial charge in [-0.25, -0.2) is 9.78 Å². The lowest BCUT2D eigenvalue weighted by Gasteiger charge is -2.30. The van der Waals surface area contributed by atoms with E-state index in [1.807, 2.05) is 13.8 Å². The Bertz CT molecular complexity index is 1940. The molecule has 1 saturated carbocycles. The van der Waals surface area contributed by atoms with Gasteiger partial charge < -0.3 is 24.1 Å². The van der Waals surface area contributed by atoms with Gasteiger partial charge in [0, 0.05) is 12.1 Å². The second-order valence-electron chi connectivity index (χ2n) is 13.3. The van der Waals surface area contributed by atoms with E-state index >= 15 is 0 Å². The van der Waals surface area contributed by atoms with Crippen LogP contribution in [0.2, 0.25) is 0 Å². The zero-order valence-electron chi connectivity index (χ0n) is 26.8. The summed E-state index contributed by atoms with van der Waals surface area (Å²) < 4.78 is 72.9. The van der Waals surface area contributed by atoms with Crippen molar-refractivity contribution in [3.63, 3.8) is 0 Å². The van der Waals surface area contributed by atoms with Gasteiger partial charge in [0.05, 0.1) is 24.1 Å². The number of alkyl halides is 3. The molecule has 2 aliphatic carbocycles. The van der Waals surface area contributed by atoms with Crippen molar-refractivity contribution in [3.05, 3.63) is 57.6 Å². The predicted octanol–water partition coefficient (Wildman–Crippen LogP) is 5.52. The molecule has 3 aliphatic rings. The summed E-state index contributed by atoms with van der Waals surface area (Å²) in [6.07, 6.45) is 5.17. The molecule has 2 heterocycles. The van der Waals surface area contributed by atoms with Crippen LogP contribution in [0.4, 0.5) is 18.0 Å². The van der Waals surface area contributed by atoms with Gasteiger partial charge in [0.2, 0.25) is 5.91 Å². The number of halogens is 3. The number of benzene rings is 2. The Balaban J connectivity index is 1.34. The van der Waals surface area contributed by atoms with E-state index < -0.39 is 39.4 Å². The molecule has 1 aromatic heterocycles. The number of nitrogens with one attached hydrogen (secondary N) is 2. The number of nitrogens with zero attached hydrogens (tertiary/aromatic N) is 2. The summed E-state index contributed by atoms with van der Waals surface area (Å²) >= 11 is 0. The molecule has 2 aromatic carbocycles. The maximum Gasteiger partial charge on any atom is 0.534 e. The van der Waals surface area contributed by atoms with Gasteiger partial charge in [-0.15, -0.1) is 0 Å².